The first-order valence-electron chi connectivity index (χ1n) is 9.63. The number of rotatable bonds is 7. The van der Waals surface area contributed by atoms with E-state index in [1.807, 2.05) is 37.3 Å². The first-order chi connectivity index (χ1) is 14.4. The fraction of sp³-hybridized carbons (Fsp3) is 0.526. The van der Waals surface area contributed by atoms with E-state index in [9.17, 15) is 20.1 Å². The van der Waals surface area contributed by atoms with Gasteiger partial charge in [0.1, 0.15) is 36.7 Å². The molecule has 1 fully saturated rings. The summed E-state index contributed by atoms with van der Waals surface area (Å²) in [6, 6.07) is 8.22. The van der Waals surface area contributed by atoms with Gasteiger partial charge in [-0.25, -0.2) is 4.68 Å². The average Bonchev–Trinajstić information content (AvgIpc) is 3.06. The molecule has 0 spiro atoms. The van der Waals surface area contributed by atoms with Crippen molar-refractivity contribution in [2.75, 3.05) is 6.61 Å². The van der Waals surface area contributed by atoms with Crippen LogP contribution in [0.15, 0.2) is 30.3 Å². The van der Waals surface area contributed by atoms with Crippen molar-refractivity contribution in [3.05, 3.63) is 40.9 Å². The van der Waals surface area contributed by atoms with E-state index in [4.69, 9.17) is 21.7 Å². The van der Waals surface area contributed by atoms with Gasteiger partial charge in [-0.15, -0.1) is 0 Å². The first-order valence-corrected chi connectivity index (χ1v) is 10.0. The molecule has 4 N–H and O–H groups in total. The molecule has 0 radical (unpaired) electrons. The monoisotopic (exact) mass is 438 g/mol. The van der Waals surface area contributed by atoms with Crippen molar-refractivity contribution >= 4 is 18.1 Å². The van der Waals surface area contributed by atoms with Gasteiger partial charge in [0.2, 0.25) is 5.91 Å². The molecule has 2 heterocycles. The van der Waals surface area contributed by atoms with Gasteiger partial charge in [0.15, 0.2) is 16.8 Å². The van der Waals surface area contributed by atoms with E-state index < -0.39 is 43.1 Å². The number of nitrogens with zero attached hydrogens (tertiary/aromatic N) is 3. The molecule has 1 aliphatic rings. The molecule has 164 valence electrons. The van der Waals surface area contributed by atoms with Crippen molar-refractivity contribution in [1.82, 2.24) is 19.7 Å². The van der Waals surface area contributed by atoms with E-state index in [0.717, 1.165) is 0 Å². The maximum absolute atomic E-state index is 11.7. The van der Waals surface area contributed by atoms with Crippen LogP contribution < -0.4 is 10.1 Å². The highest BCUT2D eigenvalue weighted by Gasteiger charge is 2.46. The van der Waals surface area contributed by atoms with E-state index in [1.165, 1.54) is 11.6 Å². The van der Waals surface area contributed by atoms with Crippen LogP contribution in [0.3, 0.4) is 0 Å². The number of carbonyl (C=O) groups is 1. The summed E-state index contributed by atoms with van der Waals surface area (Å²) in [6.45, 7) is 3.32. The van der Waals surface area contributed by atoms with Crippen LogP contribution in [0.2, 0.25) is 0 Å². The Kier molecular flexibility index (Phi) is 7.21. The van der Waals surface area contributed by atoms with Gasteiger partial charge in [-0.3, -0.25) is 4.79 Å². The number of aliphatic hydroxyl groups excluding tert-OH is 3. The number of carbonyl (C=O) groups excluding carboxylic acids is 1. The third kappa shape index (κ3) is 4.55. The lowest BCUT2D eigenvalue weighted by Gasteiger charge is -2.42. The molecule has 5 atom stereocenters. The largest absolute Gasteiger partial charge is 0.486 e. The number of hydrogen-bond donors (Lipinski definition) is 4. The van der Waals surface area contributed by atoms with Crippen LogP contribution in [0.25, 0.3) is 0 Å². The smallest absolute Gasteiger partial charge is 0.217 e. The predicted molar refractivity (Wildman–Crippen MR) is 108 cm³/mol. The van der Waals surface area contributed by atoms with E-state index in [0.29, 0.717) is 22.9 Å². The minimum atomic E-state index is -1.39. The zero-order valence-corrected chi connectivity index (χ0v) is 17.5. The Morgan fingerprint density at radius 1 is 1.30 bits per heavy atom. The summed E-state index contributed by atoms with van der Waals surface area (Å²) in [4.78, 5) is 11.7. The Morgan fingerprint density at radius 3 is 2.60 bits per heavy atom. The van der Waals surface area contributed by atoms with Crippen molar-refractivity contribution in [3.8, 4) is 5.75 Å². The van der Waals surface area contributed by atoms with Gasteiger partial charge in [0, 0.05) is 13.5 Å². The van der Waals surface area contributed by atoms with Gasteiger partial charge >= 0.3 is 0 Å². The van der Waals surface area contributed by atoms with Crippen LogP contribution in [0.5, 0.6) is 5.75 Å². The summed E-state index contributed by atoms with van der Waals surface area (Å²) in [5, 5.41) is 37.4. The summed E-state index contributed by atoms with van der Waals surface area (Å²) in [5.41, 5.74) is 0. The van der Waals surface area contributed by atoms with Crippen LogP contribution in [-0.2, 0) is 22.7 Å². The molecule has 0 bridgehead atoms. The molecule has 3 rings (SSSR count). The molecule has 30 heavy (non-hydrogen) atoms. The number of para-hydroxylation sites is 1. The van der Waals surface area contributed by atoms with Crippen molar-refractivity contribution < 1.29 is 29.6 Å². The molecule has 1 aromatic heterocycles. The molecule has 0 unspecified atom stereocenters. The van der Waals surface area contributed by atoms with Crippen molar-refractivity contribution in [3.63, 3.8) is 0 Å². The van der Waals surface area contributed by atoms with E-state index in [1.54, 1.807) is 4.57 Å². The van der Waals surface area contributed by atoms with Crippen LogP contribution in [0.1, 0.15) is 25.9 Å². The van der Waals surface area contributed by atoms with E-state index in [-0.39, 0.29) is 6.61 Å². The third-order valence-corrected chi connectivity index (χ3v) is 5.31. The summed E-state index contributed by atoms with van der Waals surface area (Å²) in [6.07, 6.45) is -4.86. The van der Waals surface area contributed by atoms with Crippen molar-refractivity contribution in [1.29, 1.82) is 0 Å². The number of hydrogen-bond acceptors (Lipinski definition) is 8. The molecule has 1 aromatic carbocycles. The fourth-order valence-electron chi connectivity index (χ4n) is 3.41. The molecule has 1 aliphatic heterocycles. The zero-order chi connectivity index (χ0) is 21.8. The van der Waals surface area contributed by atoms with E-state index in [2.05, 4.69) is 10.4 Å². The minimum Gasteiger partial charge on any atom is -0.486 e. The van der Waals surface area contributed by atoms with Crippen LogP contribution in [0, 0.1) is 4.77 Å². The quantitative estimate of drug-likeness (QED) is 0.449. The number of ether oxygens (including phenoxy) is 2. The Labute approximate surface area is 178 Å². The SMILES string of the molecule is CCn1c(COc2ccccc2)nn([C@@H]2O[C@H](CO)[C@@H](O)[C@H](O)[C@H]2NC(C)=O)c1=S. The highest BCUT2D eigenvalue weighted by molar-refractivity contribution is 7.71. The third-order valence-electron chi connectivity index (χ3n) is 4.90. The number of benzene rings is 1. The summed E-state index contributed by atoms with van der Waals surface area (Å²) in [5.74, 6) is 0.776. The topological polar surface area (TPSA) is 131 Å². The maximum Gasteiger partial charge on any atom is 0.217 e. The maximum atomic E-state index is 11.7. The molecule has 0 saturated carbocycles. The molecule has 10 nitrogen and oxygen atoms in total. The second kappa shape index (κ2) is 9.67. The summed E-state index contributed by atoms with van der Waals surface area (Å²) in [7, 11) is 0. The highest BCUT2D eigenvalue weighted by Crippen LogP contribution is 2.29. The molecule has 0 aliphatic carbocycles. The van der Waals surface area contributed by atoms with Gasteiger partial charge in [0.05, 0.1) is 6.61 Å². The fourth-order valence-corrected chi connectivity index (χ4v) is 3.79. The van der Waals surface area contributed by atoms with Crippen LogP contribution in [-0.4, -0.2) is 66.5 Å². The summed E-state index contributed by atoms with van der Waals surface area (Å²) >= 11 is 5.54. The standard InChI is InChI=1S/C19H26N4O6S/c1-3-22-14(10-28-12-7-5-4-6-8-12)21-23(19(22)30)18-15(20-11(2)25)17(27)16(26)13(9-24)29-18/h4-8,13,15-18,24,26-27H,3,9-10H2,1-2H3,(H,20,25)/t13-,15-,16-,17-,18-/m1/s1. The second-order valence-electron chi connectivity index (χ2n) is 6.94. The molecular formula is C19H26N4O6S. The number of aromatic nitrogens is 3. The summed E-state index contributed by atoms with van der Waals surface area (Å²) < 4.78 is 15.0. The molecular weight excluding hydrogens is 412 g/mol. The molecule has 1 saturated heterocycles. The Bertz CT molecular complexity index is 917. The second-order valence-corrected chi connectivity index (χ2v) is 7.31. The first kappa shape index (κ1) is 22.4. The van der Waals surface area contributed by atoms with E-state index >= 15 is 0 Å². The number of amides is 1. The molecule has 1 amide bonds. The number of nitrogens with one attached hydrogen (secondary N) is 1. The Morgan fingerprint density at radius 2 is 2.00 bits per heavy atom. The number of aliphatic hydroxyl groups is 3. The Hall–Kier alpha value is -2.31. The van der Waals surface area contributed by atoms with Crippen molar-refractivity contribution in [2.24, 2.45) is 0 Å². The zero-order valence-electron chi connectivity index (χ0n) is 16.7. The molecule has 11 heteroatoms. The lowest BCUT2D eigenvalue weighted by atomic mass is 9.96. The van der Waals surface area contributed by atoms with Gasteiger partial charge in [-0.2, -0.15) is 5.10 Å². The van der Waals surface area contributed by atoms with Gasteiger partial charge in [-0.05, 0) is 31.3 Å². The van der Waals surface area contributed by atoms with Crippen LogP contribution in [0.4, 0.5) is 0 Å². The lowest BCUT2D eigenvalue weighted by molar-refractivity contribution is -0.219. The lowest BCUT2D eigenvalue weighted by Crippen LogP contribution is -2.62. The molecule has 2 aromatic rings. The van der Waals surface area contributed by atoms with Gasteiger partial charge in [0.25, 0.3) is 0 Å². The average molecular weight is 439 g/mol. The van der Waals surface area contributed by atoms with Gasteiger partial charge in [-0.1, -0.05) is 18.2 Å². The normalized spacial score (nSPS) is 26.4. The minimum absolute atomic E-state index is 0.140. The Balaban J connectivity index is 1.94. The van der Waals surface area contributed by atoms with Crippen LogP contribution >= 0.6 is 12.2 Å². The highest BCUT2D eigenvalue weighted by atomic mass is 32.1. The predicted octanol–water partition coefficient (Wildman–Crippen LogP) is 0.129. The van der Waals surface area contributed by atoms with Gasteiger partial charge < -0.3 is 34.7 Å². The van der Waals surface area contributed by atoms with Crippen molar-refractivity contribution in [2.45, 2.75) is 57.6 Å².